The van der Waals surface area contributed by atoms with Gasteiger partial charge < -0.3 is 5.73 Å². The third-order valence-electron chi connectivity index (χ3n) is 3.02. The number of amides is 2. The highest BCUT2D eigenvalue weighted by Gasteiger charge is 2.29. The average molecular weight is 284 g/mol. The predicted octanol–water partition coefficient (Wildman–Crippen LogP) is 0.936. The first-order chi connectivity index (χ1) is 9.01. The number of imide groups is 1. The fourth-order valence-corrected chi connectivity index (χ4v) is 2.62. The summed E-state index contributed by atoms with van der Waals surface area (Å²) in [7, 11) is 0. The molecule has 0 fully saturated rings. The van der Waals surface area contributed by atoms with Crippen LogP contribution in [0.4, 0.5) is 0 Å². The third-order valence-corrected chi connectivity index (χ3v) is 4.12. The van der Waals surface area contributed by atoms with Crippen LogP contribution in [0.25, 0.3) is 0 Å². The highest BCUT2D eigenvalue weighted by Crippen LogP contribution is 2.25. The normalized spacial score (nSPS) is 16.8. The molecule has 106 valence electrons. The number of nitrogens with zero attached hydrogens (tertiary/aromatic N) is 1. The fourth-order valence-electron chi connectivity index (χ4n) is 1.69. The molecule has 0 radical (unpaired) electrons. The summed E-state index contributed by atoms with van der Waals surface area (Å²) in [5, 5.41) is 0. The van der Waals surface area contributed by atoms with Gasteiger partial charge in [0.15, 0.2) is 0 Å². The lowest BCUT2D eigenvalue weighted by Crippen LogP contribution is -2.30. The summed E-state index contributed by atoms with van der Waals surface area (Å²) >= 11 is 1.34. The van der Waals surface area contributed by atoms with Crippen LogP contribution >= 0.6 is 11.8 Å². The lowest BCUT2D eigenvalue weighted by molar-refractivity contribution is -0.136. The zero-order valence-electron chi connectivity index (χ0n) is 11.3. The van der Waals surface area contributed by atoms with Crippen LogP contribution in [0.3, 0.4) is 0 Å². The van der Waals surface area contributed by atoms with Crippen LogP contribution in [-0.2, 0) is 14.4 Å². The van der Waals surface area contributed by atoms with E-state index in [9.17, 15) is 14.4 Å². The first kappa shape index (κ1) is 15.9. The van der Waals surface area contributed by atoms with Gasteiger partial charge in [0.1, 0.15) is 5.78 Å². The van der Waals surface area contributed by atoms with Crippen molar-refractivity contribution in [1.82, 2.24) is 4.90 Å². The molecule has 0 aliphatic carbocycles. The number of thioether (sulfide) groups is 1. The lowest BCUT2D eigenvalue weighted by atomic mass is 10.0. The van der Waals surface area contributed by atoms with Crippen molar-refractivity contribution in [2.75, 3.05) is 18.8 Å². The molecule has 1 heterocycles. The Kier molecular flexibility index (Phi) is 6.24. The van der Waals surface area contributed by atoms with Crippen LogP contribution in [0.5, 0.6) is 0 Å². The van der Waals surface area contributed by atoms with Crippen LogP contribution in [0.2, 0.25) is 0 Å². The average Bonchev–Trinajstić information content (AvgIpc) is 2.67. The molecular weight excluding hydrogens is 264 g/mol. The Morgan fingerprint density at radius 3 is 2.68 bits per heavy atom. The second-order valence-corrected chi connectivity index (χ2v) is 5.59. The summed E-state index contributed by atoms with van der Waals surface area (Å²) in [6.07, 6.45) is 2.54. The lowest BCUT2D eigenvalue weighted by Gasteiger charge is -2.11. The maximum Gasteiger partial charge on any atom is 0.267 e. The highest BCUT2D eigenvalue weighted by molar-refractivity contribution is 8.04. The second kappa shape index (κ2) is 7.45. The van der Waals surface area contributed by atoms with Crippen molar-refractivity contribution in [2.24, 2.45) is 11.7 Å². The van der Waals surface area contributed by atoms with Crippen molar-refractivity contribution in [1.29, 1.82) is 0 Å². The maximum absolute atomic E-state index is 11.8. The fraction of sp³-hybridized carbons (Fsp3) is 0.615. The molecule has 0 aromatic heterocycles. The largest absolute Gasteiger partial charge is 0.330 e. The Hall–Kier alpha value is -1.14. The number of rotatable bonds is 8. The van der Waals surface area contributed by atoms with Gasteiger partial charge in [-0.05, 0) is 19.1 Å². The van der Waals surface area contributed by atoms with Gasteiger partial charge in [0.05, 0.1) is 4.91 Å². The summed E-state index contributed by atoms with van der Waals surface area (Å²) < 4.78 is 0. The number of Topliss-reactive ketones (excluding diaryl/α,β-unsaturated/α-hetero) is 1. The number of nitrogens with two attached hydrogens (primary N) is 1. The monoisotopic (exact) mass is 284 g/mol. The van der Waals surface area contributed by atoms with E-state index in [0.717, 1.165) is 0 Å². The predicted molar refractivity (Wildman–Crippen MR) is 75.4 cm³/mol. The van der Waals surface area contributed by atoms with Gasteiger partial charge in [0, 0.05) is 31.5 Å². The van der Waals surface area contributed by atoms with Crippen LogP contribution in [0, 0.1) is 5.92 Å². The Morgan fingerprint density at radius 2 is 2.16 bits per heavy atom. The Labute approximate surface area is 117 Å². The molecule has 0 saturated heterocycles. The molecule has 1 aliphatic heterocycles. The molecule has 0 spiro atoms. The summed E-state index contributed by atoms with van der Waals surface area (Å²) in [4.78, 5) is 36.4. The van der Waals surface area contributed by atoms with E-state index in [1.807, 2.05) is 6.92 Å². The van der Waals surface area contributed by atoms with Gasteiger partial charge in [-0.3, -0.25) is 19.3 Å². The van der Waals surface area contributed by atoms with Gasteiger partial charge in [0.2, 0.25) is 0 Å². The topological polar surface area (TPSA) is 80.5 Å². The third kappa shape index (κ3) is 4.18. The summed E-state index contributed by atoms with van der Waals surface area (Å²) in [5.74, 6) is 0.239. The smallest absolute Gasteiger partial charge is 0.267 e. The summed E-state index contributed by atoms with van der Waals surface area (Å²) in [6.45, 7) is 4.35. The van der Waals surface area contributed by atoms with E-state index in [2.05, 4.69) is 0 Å². The van der Waals surface area contributed by atoms with E-state index in [0.29, 0.717) is 36.6 Å². The van der Waals surface area contributed by atoms with Crippen molar-refractivity contribution < 1.29 is 14.4 Å². The molecule has 19 heavy (non-hydrogen) atoms. The first-order valence-electron chi connectivity index (χ1n) is 6.44. The Balaban J connectivity index is 2.31. The molecule has 6 heteroatoms. The maximum atomic E-state index is 11.8. The van der Waals surface area contributed by atoms with Gasteiger partial charge in [-0.1, -0.05) is 6.92 Å². The van der Waals surface area contributed by atoms with Gasteiger partial charge in [-0.15, -0.1) is 11.8 Å². The number of ketones is 1. The minimum Gasteiger partial charge on any atom is -0.330 e. The minimum absolute atomic E-state index is 0.102. The zero-order chi connectivity index (χ0) is 14.4. The molecule has 0 aromatic carbocycles. The standard InChI is InChI=1S/C13H20N2O3S/c1-3-15-12(17)7-11(13(15)18)19-6-4-5-10(16)9(2)8-14/h7,9H,3-6,8,14H2,1-2H3. The van der Waals surface area contributed by atoms with Crippen molar-refractivity contribution in [3.8, 4) is 0 Å². The molecular formula is C13H20N2O3S. The van der Waals surface area contributed by atoms with E-state index in [4.69, 9.17) is 5.73 Å². The van der Waals surface area contributed by atoms with E-state index in [-0.39, 0.29) is 23.5 Å². The van der Waals surface area contributed by atoms with Gasteiger partial charge in [0.25, 0.3) is 11.8 Å². The van der Waals surface area contributed by atoms with Crippen LogP contribution in [0.1, 0.15) is 26.7 Å². The molecule has 1 aliphatic rings. The molecule has 0 saturated carbocycles. The Bertz CT molecular complexity index is 407. The number of hydrogen-bond acceptors (Lipinski definition) is 5. The molecule has 1 atom stereocenters. The van der Waals surface area contributed by atoms with Crippen molar-refractivity contribution in [3.05, 3.63) is 11.0 Å². The summed E-state index contributed by atoms with van der Waals surface area (Å²) in [5.41, 5.74) is 5.42. The van der Waals surface area contributed by atoms with Crippen LogP contribution < -0.4 is 5.73 Å². The zero-order valence-corrected chi connectivity index (χ0v) is 12.2. The number of hydrogen-bond donors (Lipinski definition) is 1. The molecule has 1 unspecified atom stereocenters. The number of likely N-dealkylation sites (N-methyl/N-ethyl adjacent to an activating group) is 1. The molecule has 2 N–H and O–H groups in total. The van der Waals surface area contributed by atoms with E-state index < -0.39 is 0 Å². The molecule has 2 amide bonds. The molecule has 1 rings (SSSR count). The van der Waals surface area contributed by atoms with Gasteiger partial charge >= 0.3 is 0 Å². The minimum atomic E-state index is -0.247. The first-order valence-corrected chi connectivity index (χ1v) is 7.42. The van der Waals surface area contributed by atoms with Crippen molar-refractivity contribution >= 4 is 29.4 Å². The molecule has 0 aromatic rings. The Morgan fingerprint density at radius 1 is 1.47 bits per heavy atom. The van der Waals surface area contributed by atoms with Crippen molar-refractivity contribution in [3.63, 3.8) is 0 Å². The second-order valence-electron chi connectivity index (χ2n) is 4.45. The molecule has 0 bridgehead atoms. The SMILES string of the molecule is CCN1C(=O)C=C(SCCCC(=O)C(C)CN)C1=O. The van der Waals surface area contributed by atoms with E-state index in [1.54, 1.807) is 6.92 Å². The highest BCUT2D eigenvalue weighted by atomic mass is 32.2. The van der Waals surface area contributed by atoms with E-state index >= 15 is 0 Å². The van der Waals surface area contributed by atoms with Crippen LogP contribution in [0.15, 0.2) is 11.0 Å². The van der Waals surface area contributed by atoms with Gasteiger partial charge in [-0.2, -0.15) is 0 Å². The van der Waals surface area contributed by atoms with Crippen LogP contribution in [-0.4, -0.2) is 41.3 Å². The summed E-state index contributed by atoms with van der Waals surface area (Å²) in [6, 6.07) is 0. The van der Waals surface area contributed by atoms with Crippen molar-refractivity contribution in [2.45, 2.75) is 26.7 Å². The quantitative estimate of drug-likeness (QED) is 0.530. The number of carbonyl (C=O) groups excluding carboxylic acids is 3. The molecule has 5 nitrogen and oxygen atoms in total. The van der Waals surface area contributed by atoms with E-state index in [1.165, 1.54) is 22.7 Å². The number of carbonyl (C=O) groups is 3. The van der Waals surface area contributed by atoms with Gasteiger partial charge in [-0.25, -0.2) is 0 Å².